The number of rotatable bonds is 17. The minimum atomic E-state index is -1.36. The van der Waals surface area contributed by atoms with E-state index < -0.39 is 65.3 Å². The molecule has 12 nitrogen and oxygen atoms in total. The predicted octanol–water partition coefficient (Wildman–Crippen LogP) is 3.18. The van der Waals surface area contributed by atoms with Gasteiger partial charge in [-0.05, 0) is 42.6 Å². The second-order valence-electron chi connectivity index (χ2n) is 12.7. The summed E-state index contributed by atoms with van der Waals surface area (Å²) in [5, 5.41) is 20.3. The number of carbonyl (C=O) groups is 6. The number of carboxylic acid groups (broad SMARTS) is 1. The first-order valence-corrected chi connectivity index (χ1v) is 15.1. The number of hydrogen-bond donors (Lipinski definition) is 5. The highest BCUT2D eigenvalue weighted by atomic mass is 16.5. The van der Waals surface area contributed by atoms with E-state index in [2.05, 4.69) is 21.3 Å². The Morgan fingerprint density at radius 3 is 1.98 bits per heavy atom. The van der Waals surface area contributed by atoms with Crippen molar-refractivity contribution < 1.29 is 38.6 Å². The first kappa shape index (κ1) is 38.1. The van der Waals surface area contributed by atoms with Crippen LogP contribution in [0.5, 0.6) is 0 Å². The molecule has 5 N–H and O–H groups in total. The van der Waals surface area contributed by atoms with Gasteiger partial charge in [0.1, 0.15) is 31.0 Å². The summed E-state index contributed by atoms with van der Waals surface area (Å²) in [4.78, 5) is 76.0. The molecule has 0 spiro atoms. The maximum atomic E-state index is 13.5. The number of ether oxygens (including phenoxy) is 1. The standard InChI is InChI=1S/C32H50N4O8/c1-9-20(4)26(36-31(43)44-18-22-13-11-10-12-14-22)29(40)35-25(16-24(30(41)42)32(6,7)8)28(39)33-21(5)27(38)34-23(17-37)15-19(2)3/h10-14,17,19-21,23-26H,9,15-16,18H2,1-8H3,(H,33,39)(H,34,38)(H,35,40)(H,36,43)(H,41,42)/t20-,21-,23-,24?,25-,26-/m0/s1. The van der Waals surface area contributed by atoms with Crippen molar-refractivity contribution in [1.82, 2.24) is 21.3 Å². The molecule has 0 aliphatic heterocycles. The number of hydrogen-bond acceptors (Lipinski definition) is 7. The molecule has 0 saturated heterocycles. The van der Waals surface area contributed by atoms with Crippen molar-refractivity contribution in [2.24, 2.45) is 23.2 Å². The van der Waals surface area contributed by atoms with Gasteiger partial charge in [0, 0.05) is 0 Å². The molecule has 1 aromatic carbocycles. The Labute approximate surface area is 260 Å². The third-order valence-corrected chi connectivity index (χ3v) is 7.40. The fourth-order valence-electron chi connectivity index (χ4n) is 4.49. The van der Waals surface area contributed by atoms with Crippen molar-refractivity contribution >= 4 is 36.1 Å². The smallest absolute Gasteiger partial charge is 0.408 e. The summed E-state index contributed by atoms with van der Waals surface area (Å²) in [6.45, 7) is 13.9. The minimum Gasteiger partial charge on any atom is -0.481 e. The Balaban J connectivity index is 3.16. The Hall–Kier alpha value is -3.96. The third kappa shape index (κ3) is 13.1. The van der Waals surface area contributed by atoms with E-state index in [-0.39, 0.29) is 24.9 Å². The molecule has 0 aromatic heterocycles. The van der Waals surface area contributed by atoms with E-state index in [4.69, 9.17) is 4.74 Å². The highest BCUT2D eigenvalue weighted by molar-refractivity contribution is 5.94. The van der Waals surface area contributed by atoms with Gasteiger partial charge >= 0.3 is 12.1 Å². The lowest BCUT2D eigenvalue weighted by atomic mass is 9.77. The van der Waals surface area contributed by atoms with Crippen LogP contribution >= 0.6 is 0 Å². The van der Waals surface area contributed by atoms with Gasteiger partial charge in [0.15, 0.2) is 0 Å². The van der Waals surface area contributed by atoms with Gasteiger partial charge in [-0.3, -0.25) is 19.2 Å². The van der Waals surface area contributed by atoms with Gasteiger partial charge in [-0.25, -0.2) is 4.79 Å². The van der Waals surface area contributed by atoms with Crippen LogP contribution in [0.3, 0.4) is 0 Å². The van der Waals surface area contributed by atoms with Crippen LogP contribution in [0.4, 0.5) is 4.79 Å². The van der Waals surface area contributed by atoms with Crippen LogP contribution < -0.4 is 21.3 Å². The van der Waals surface area contributed by atoms with Gasteiger partial charge in [0.05, 0.1) is 12.0 Å². The summed E-state index contributed by atoms with van der Waals surface area (Å²) in [6.07, 6.45) is 0.436. The lowest BCUT2D eigenvalue weighted by molar-refractivity contribution is -0.147. The molecule has 12 heteroatoms. The zero-order chi connectivity index (χ0) is 33.6. The topological polar surface area (TPSA) is 180 Å². The Bertz CT molecular complexity index is 1120. The second-order valence-corrected chi connectivity index (χ2v) is 12.7. The van der Waals surface area contributed by atoms with E-state index >= 15 is 0 Å². The number of amides is 4. The van der Waals surface area contributed by atoms with Crippen molar-refractivity contribution in [2.75, 3.05) is 0 Å². The van der Waals surface area contributed by atoms with Crippen molar-refractivity contribution in [1.29, 1.82) is 0 Å². The molecule has 1 unspecified atom stereocenters. The van der Waals surface area contributed by atoms with Crippen LogP contribution in [0.15, 0.2) is 30.3 Å². The van der Waals surface area contributed by atoms with Gasteiger partial charge in [-0.1, -0.05) is 85.2 Å². The predicted molar refractivity (Wildman–Crippen MR) is 165 cm³/mol. The molecule has 0 aliphatic rings. The number of aldehydes is 1. The molecular weight excluding hydrogens is 568 g/mol. The van der Waals surface area contributed by atoms with Crippen molar-refractivity contribution in [3.63, 3.8) is 0 Å². The number of carbonyl (C=O) groups excluding carboxylic acids is 5. The van der Waals surface area contributed by atoms with E-state index in [0.29, 0.717) is 19.1 Å². The summed E-state index contributed by atoms with van der Waals surface area (Å²) < 4.78 is 5.28. The zero-order valence-corrected chi connectivity index (χ0v) is 27.1. The van der Waals surface area contributed by atoms with E-state index in [9.17, 15) is 33.9 Å². The van der Waals surface area contributed by atoms with Crippen LogP contribution in [0.2, 0.25) is 0 Å². The first-order valence-electron chi connectivity index (χ1n) is 15.1. The molecule has 1 aromatic rings. The van der Waals surface area contributed by atoms with Crippen LogP contribution in [0.1, 0.15) is 80.2 Å². The molecule has 0 bridgehead atoms. The van der Waals surface area contributed by atoms with E-state index in [1.54, 1.807) is 52.0 Å². The number of alkyl carbamates (subject to hydrolysis) is 1. The summed E-state index contributed by atoms with van der Waals surface area (Å²) in [6, 6.07) is 4.72. The molecule has 246 valence electrons. The fourth-order valence-corrected chi connectivity index (χ4v) is 4.49. The van der Waals surface area contributed by atoms with Crippen LogP contribution in [0, 0.1) is 23.2 Å². The molecule has 4 amide bonds. The van der Waals surface area contributed by atoms with Crippen LogP contribution in [-0.4, -0.2) is 65.3 Å². The molecule has 6 atom stereocenters. The number of benzene rings is 1. The zero-order valence-electron chi connectivity index (χ0n) is 27.1. The summed E-state index contributed by atoms with van der Waals surface area (Å²) in [7, 11) is 0. The Morgan fingerprint density at radius 1 is 0.864 bits per heavy atom. The maximum Gasteiger partial charge on any atom is 0.408 e. The van der Waals surface area contributed by atoms with E-state index in [1.807, 2.05) is 26.8 Å². The quantitative estimate of drug-likeness (QED) is 0.165. The monoisotopic (exact) mass is 618 g/mol. The average Bonchev–Trinajstić information content (AvgIpc) is 2.95. The van der Waals surface area contributed by atoms with Crippen LogP contribution in [-0.2, 0) is 35.3 Å². The Morgan fingerprint density at radius 2 is 1.48 bits per heavy atom. The average molecular weight is 619 g/mol. The third-order valence-electron chi connectivity index (χ3n) is 7.40. The normalized spacial score (nSPS) is 15.5. The lowest BCUT2D eigenvalue weighted by Gasteiger charge is -2.32. The second kappa shape index (κ2) is 18.0. The fraction of sp³-hybridized carbons (Fsp3) is 0.625. The molecule has 1 rings (SSSR count). The molecule has 0 radical (unpaired) electrons. The van der Waals surface area contributed by atoms with Gasteiger partial charge in [0.2, 0.25) is 17.7 Å². The molecular formula is C32H50N4O8. The van der Waals surface area contributed by atoms with Gasteiger partial charge in [0.25, 0.3) is 0 Å². The molecule has 0 fully saturated rings. The lowest BCUT2D eigenvalue weighted by Crippen LogP contribution is -2.58. The van der Waals surface area contributed by atoms with Crippen molar-refractivity contribution in [3.8, 4) is 0 Å². The molecule has 44 heavy (non-hydrogen) atoms. The SMILES string of the molecule is CC[C@H](C)[C@H](NC(=O)OCc1ccccc1)C(=O)N[C@@H](CC(C(=O)O)C(C)(C)C)C(=O)N[C@@H](C)C(=O)N[C@H](C=O)CC(C)C. The summed E-state index contributed by atoms with van der Waals surface area (Å²) >= 11 is 0. The molecule has 0 saturated carbocycles. The highest BCUT2D eigenvalue weighted by Gasteiger charge is 2.38. The summed E-state index contributed by atoms with van der Waals surface area (Å²) in [5.41, 5.74) is -0.0190. The largest absolute Gasteiger partial charge is 0.481 e. The van der Waals surface area contributed by atoms with Crippen molar-refractivity contribution in [3.05, 3.63) is 35.9 Å². The highest BCUT2D eigenvalue weighted by Crippen LogP contribution is 2.30. The first-order chi connectivity index (χ1) is 20.5. The molecule has 0 heterocycles. The number of nitrogens with one attached hydrogen (secondary N) is 4. The maximum absolute atomic E-state index is 13.5. The number of aliphatic carboxylic acids is 1. The Kier molecular flexibility index (Phi) is 15.6. The van der Waals surface area contributed by atoms with E-state index in [1.165, 1.54) is 6.92 Å². The van der Waals surface area contributed by atoms with Crippen molar-refractivity contribution in [2.45, 2.75) is 105 Å². The van der Waals surface area contributed by atoms with Gasteiger partial charge in [-0.2, -0.15) is 0 Å². The molecule has 0 aliphatic carbocycles. The van der Waals surface area contributed by atoms with Gasteiger partial charge < -0.3 is 35.9 Å². The van der Waals surface area contributed by atoms with Crippen LogP contribution in [0.25, 0.3) is 0 Å². The van der Waals surface area contributed by atoms with Gasteiger partial charge in [-0.15, -0.1) is 0 Å². The number of carboxylic acids is 1. The van der Waals surface area contributed by atoms with E-state index in [0.717, 1.165) is 5.56 Å². The minimum absolute atomic E-state index is 0.0134. The summed E-state index contributed by atoms with van der Waals surface area (Å²) in [5.74, 6) is -4.51.